The number of amides is 1. The topological polar surface area (TPSA) is 113 Å². The average Bonchev–Trinajstić information content (AvgIpc) is 2.77. The minimum atomic E-state index is -4.62. The van der Waals surface area contributed by atoms with Gasteiger partial charge in [-0.1, -0.05) is 6.07 Å². The number of alkyl halides is 3. The van der Waals surface area contributed by atoms with Gasteiger partial charge in [-0.3, -0.25) is 15.0 Å². The van der Waals surface area contributed by atoms with Crippen molar-refractivity contribution in [3.8, 4) is 5.88 Å². The molecule has 1 atom stereocenters. The third-order valence-corrected chi connectivity index (χ3v) is 6.90. The molecule has 2 aromatic heterocycles. The van der Waals surface area contributed by atoms with Crippen LogP contribution in [0.5, 0.6) is 5.88 Å². The summed E-state index contributed by atoms with van der Waals surface area (Å²) in [5, 5.41) is 10.1. The number of nitrogens with zero attached hydrogens (tertiary/aromatic N) is 4. The molecule has 1 fully saturated rings. The molecule has 0 aromatic carbocycles. The number of hydrogen-bond donors (Lipinski definition) is 1. The number of pyridine rings is 2. The largest absolute Gasteiger partial charge is 0.474 e. The number of sulfonamides is 1. The Morgan fingerprint density at radius 2 is 1.94 bits per heavy atom. The Hall–Kier alpha value is -2.77. The van der Waals surface area contributed by atoms with E-state index < -0.39 is 45.5 Å². The van der Waals surface area contributed by atoms with Gasteiger partial charge >= 0.3 is 6.18 Å². The van der Waals surface area contributed by atoms with Gasteiger partial charge in [0.1, 0.15) is 17.7 Å². The van der Waals surface area contributed by atoms with Gasteiger partial charge in [0.2, 0.25) is 22.3 Å². The molecule has 1 N–H and O–H groups in total. The molecule has 2 aromatic rings. The molecule has 32 heavy (non-hydrogen) atoms. The molecule has 9 nitrogen and oxygen atoms in total. The molecule has 1 amide bonds. The molecule has 0 bridgehead atoms. The monoisotopic (exact) mass is 474 g/mol. The lowest BCUT2D eigenvalue weighted by Gasteiger charge is -2.33. The van der Waals surface area contributed by atoms with Gasteiger partial charge in [-0.2, -0.15) is 13.2 Å². The highest BCUT2D eigenvalue weighted by molar-refractivity contribution is 7.89. The molecule has 0 aliphatic carbocycles. The first-order chi connectivity index (χ1) is 15.1. The second kappa shape index (κ2) is 9.79. The van der Waals surface area contributed by atoms with E-state index in [1.54, 1.807) is 6.07 Å². The Labute approximate surface area is 182 Å². The van der Waals surface area contributed by atoms with E-state index in [1.165, 1.54) is 24.7 Å². The summed E-state index contributed by atoms with van der Waals surface area (Å²) in [7, 11) is -3.92. The minimum Gasteiger partial charge on any atom is -0.474 e. The van der Waals surface area contributed by atoms with Gasteiger partial charge < -0.3 is 4.74 Å². The zero-order valence-electron chi connectivity index (χ0n) is 16.7. The fourth-order valence-electron chi connectivity index (χ4n) is 3.36. The molecule has 174 valence electrons. The lowest BCUT2D eigenvalue weighted by atomic mass is 10.1. The van der Waals surface area contributed by atoms with Crippen LogP contribution in [0, 0.1) is 0 Å². The van der Waals surface area contributed by atoms with Gasteiger partial charge in [0.05, 0.1) is 5.75 Å². The van der Waals surface area contributed by atoms with Crippen molar-refractivity contribution in [1.82, 2.24) is 19.3 Å². The normalized spacial score (nSPS) is 17.0. The molecule has 13 heteroatoms. The zero-order valence-corrected chi connectivity index (χ0v) is 17.5. The predicted octanol–water partition coefficient (Wildman–Crippen LogP) is 2.26. The number of aromatic nitrogens is 2. The SMILES string of the molecule is O=CN(O)C(CS(=O)(=O)N1CCC(Oc2ncccc2C(F)(F)F)CC1)c1cccnc1. The number of rotatable bonds is 8. The van der Waals surface area contributed by atoms with E-state index in [2.05, 4.69) is 9.97 Å². The maximum Gasteiger partial charge on any atom is 0.421 e. The standard InChI is InChI=1S/C19H21F3N4O5S/c20-19(21,22)16-4-2-8-24-18(16)31-15-5-9-25(10-6-15)32(29,30)12-17(26(28)13-27)14-3-1-7-23-11-14/h1-4,7-8,11,13,15,17,28H,5-6,9-10,12H2. The Morgan fingerprint density at radius 1 is 1.25 bits per heavy atom. The van der Waals surface area contributed by atoms with E-state index in [9.17, 15) is 31.6 Å². The summed E-state index contributed by atoms with van der Waals surface area (Å²) in [5.74, 6) is -1.13. The van der Waals surface area contributed by atoms with Crippen molar-refractivity contribution < 1.29 is 36.3 Å². The molecule has 1 aliphatic rings. The second-order valence-electron chi connectivity index (χ2n) is 7.14. The van der Waals surface area contributed by atoms with Crippen LogP contribution >= 0.6 is 0 Å². The Bertz CT molecular complexity index is 1020. The van der Waals surface area contributed by atoms with Crippen LogP contribution in [0.15, 0.2) is 42.9 Å². The van der Waals surface area contributed by atoms with Crippen LogP contribution in [-0.4, -0.2) is 64.3 Å². The van der Waals surface area contributed by atoms with Crippen molar-refractivity contribution >= 4 is 16.4 Å². The zero-order chi connectivity index (χ0) is 23.4. The van der Waals surface area contributed by atoms with Crippen LogP contribution in [-0.2, 0) is 21.0 Å². The van der Waals surface area contributed by atoms with Crippen molar-refractivity contribution in [1.29, 1.82) is 0 Å². The van der Waals surface area contributed by atoms with Crippen molar-refractivity contribution in [2.75, 3.05) is 18.8 Å². The molecule has 0 saturated carbocycles. The number of hydrogen-bond acceptors (Lipinski definition) is 7. The first-order valence-electron chi connectivity index (χ1n) is 9.61. The van der Waals surface area contributed by atoms with Crippen molar-refractivity contribution in [3.63, 3.8) is 0 Å². The quantitative estimate of drug-likeness (QED) is 0.355. The summed E-state index contributed by atoms with van der Waals surface area (Å²) in [6.07, 6.45) is -0.844. The third-order valence-electron chi connectivity index (χ3n) is 5.01. The second-order valence-corrected chi connectivity index (χ2v) is 9.15. The molecule has 0 spiro atoms. The lowest BCUT2D eigenvalue weighted by Crippen LogP contribution is -2.45. The van der Waals surface area contributed by atoms with E-state index in [0.29, 0.717) is 5.56 Å². The van der Waals surface area contributed by atoms with Crippen LogP contribution < -0.4 is 4.74 Å². The minimum absolute atomic E-state index is 0.00740. The number of ether oxygens (including phenoxy) is 1. The van der Waals surface area contributed by atoms with E-state index in [0.717, 1.165) is 16.4 Å². The first kappa shape index (κ1) is 23.9. The fraction of sp³-hybridized carbons (Fsp3) is 0.421. The number of carbonyl (C=O) groups is 1. The van der Waals surface area contributed by atoms with Gasteiger partial charge in [-0.15, -0.1) is 0 Å². The Kier molecular flexibility index (Phi) is 7.31. The molecular formula is C19H21F3N4O5S. The van der Waals surface area contributed by atoms with Crippen LogP contribution in [0.3, 0.4) is 0 Å². The van der Waals surface area contributed by atoms with Crippen LogP contribution in [0.2, 0.25) is 0 Å². The Balaban J connectivity index is 1.66. The van der Waals surface area contributed by atoms with Gasteiger partial charge in [0.25, 0.3) is 0 Å². The van der Waals surface area contributed by atoms with E-state index in [1.807, 2.05) is 0 Å². The third kappa shape index (κ3) is 5.72. The van der Waals surface area contributed by atoms with Crippen molar-refractivity contribution in [3.05, 3.63) is 54.0 Å². The summed E-state index contributed by atoms with van der Waals surface area (Å²) in [5.41, 5.74) is -0.662. The van der Waals surface area contributed by atoms with Crippen molar-refractivity contribution in [2.24, 2.45) is 0 Å². The maximum atomic E-state index is 13.1. The van der Waals surface area contributed by atoms with E-state index >= 15 is 0 Å². The van der Waals surface area contributed by atoms with Gasteiger partial charge in [0, 0.05) is 31.7 Å². The number of halogens is 3. The molecular weight excluding hydrogens is 453 g/mol. The van der Waals surface area contributed by atoms with Crippen LogP contribution in [0.4, 0.5) is 13.2 Å². The van der Waals surface area contributed by atoms with Crippen LogP contribution in [0.1, 0.15) is 30.0 Å². The average molecular weight is 474 g/mol. The predicted molar refractivity (Wildman–Crippen MR) is 105 cm³/mol. The highest BCUT2D eigenvalue weighted by atomic mass is 32.2. The van der Waals surface area contributed by atoms with Crippen molar-refractivity contribution in [2.45, 2.75) is 31.2 Å². The van der Waals surface area contributed by atoms with Gasteiger partial charge in [-0.05, 0) is 36.6 Å². The van der Waals surface area contributed by atoms with E-state index in [-0.39, 0.29) is 37.4 Å². The summed E-state index contributed by atoms with van der Waals surface area (Å²) >= 11 is 0. The molecule has 1 unspecified atom stereocenters. The molecule has 0 radical (unpaired) electrons. The smallest absolute Gasteiger partial charge is 0.421 e. The highest BCUT2D eigenvalue weighted by Crippen LogP contribution is 2.35. The van der Waals surface area contributed by atoms with E-state index in [4.69, 9.17) is 4.74 Å². The first-order valence-corrected chi connectivity index (χ1v) is 11.2. The van der Waals surface area contributed by atoms with Gasteiger partial charge in [0.15, 0.2) is 0 Å². The summed E-state index contributed by atoms with van der Waals surface area (Å²) in [6, 6.07) is 3.94. The molecule has 1 aliphatic heterocycles. The number of hydroxylamine groups is 2. The summed E-state index contributed by atoms with van der Waals surface area (Å²) < 4.78 is 71.7. The van der Waals surface area contributed by atoms with Crippen LogP contribution in [0.25, 0.3) is 0 Å². The molecule has 1 saturated heterocycles. The number of piperidine rings is 1. The lowest BCUT2D eigenvalue weighted by molar-refractivity contribution is -0.159. The number of carbonyl (C=O) groups excluding carboxylic acids is 1. The summed E-state index contributed by atoms with van der Waals surface area (Å²) in [4.78, 5) is 18.6. The fourth-order valence-corrected chi connectivity index (χ4v) is 5.09. The highest BCUT2D eigenvalue weighted by Gasteiger charge is 2.37. The maximum absolute atomic E-state index is 13.1. The summed E-state index contributed by atoms with van der Waals surface area (Å²) in [6.45, 7) is 0.0148. The molecule has 3 rings (SSSR count). The molecule has 3 heterocycles. The Morgan fingerprint density at radius 3 is 2.53 bits per heavy atom. The van der Waals surface area contributed by atoms with Gasteiger partial charge in [-0.25, -0.2) is 22.8 Å².